The number of benzene rings is 3. The number of hydrogen-bond donors (Lipinski definition) is 2. The lowest BCUT2D eigenvalue weighted by atomic mass is 10.2. The minimum atomic E-state index is -0.607. The standard InChI is InChI=1S/C26H23ClFN5O3/c27-22-7-3-18(13-23(22)28)32-26(34)31-17-1-4-20(5-2-17)36-21-6-8-24-25(14-21)30-19(15-29-24)16-33-9-11-35-12-10-33/h1-8,13-15H,9-12,16H2,(H2,31,32,34). The molecule has 1 fully saturated rings. The second-order valence-corrected chi connectivity index (χ2v) is 8.64. The molecule has 4 aromatic rings. The molecule has 3 aromatic carbocycles. The number of aromatic nitrogens is 2. The number of anilines is 2. The van der Waals surface area contributed by atoms with Gasteiger partial charge in [-0.2, -0.15) is 0 Å². The van der Waals surface area contributed by atoms with Crippen LogP contribution in [0.1, 0.15) is 5.69 Å². The van der Waals surface area contributed by atoms with Crippen LogP contribution in [0.2, 0.25) is 5.02 Å². The molecule has 2 heterocycles. The normalized spacial score (nSPS) is 13.9. The van der Waals surface area contributed by atoms with Gasteiger partial charge in [0.15, 0.2) is 0 Å². The fourth-order valence-corrected chi connectivity index (χ4v) is 3.88. The van der Waals surface area contributed by atoms with Crippen LogP contribution in [0.4, 0.5) is 20.6 Å². The molecule has 1 aliphatic rings. The van der Waals surface area contributed by atoms with Crippen molar-refractivity contribution in [1.82, 2.24) is 14.9 Å². The second-order valence-electron chi connectivity index (χ2n) is 8.23. The van der Waals surface area contributed by atoms with Crippen LogP contribution >= 0.6 is 11.6 Å². The van der Waals surface area contributed by atoms with Gasteiger partial charge in [0.25, 0.3) is 0 Å². The summed E-state index contributed by atoms with van der Waals surface area (Å²) in [5.74, 6) is 0.616. The summed E-state index contributed by atoms with van der Waals surface area (Å²) in [7, 11) is 0. The highest BCUT2D eigenvalue weighted by molar-refractivity contribution is 6.30. The highest BCUT2D eigenvalue weighted by atomic mass is 35.5. The summed E-state index contributed by atoms with van der Waals surface area (Å²) < 4.78 is 24.9. The zero-order valence-electron chi connectivity index (χ0n) is 19.2. The molecule has 2 N–H and O–H groups in total. The number of nitrogens with one attached hydrogen (secondary N) is 2. The van der Waals surface area contributed by atoms with Crippen molar-refractivity contribution in [3.05, 3.63) is 83.4 Å². The Morgan fingerprint density at radius 1 is 0.972 bits per heavy atom. The average Bonchev–Trinajstić information content (AvgIpc) is 2.88. The van der Waals surface area contributed by atoms with Crippen molar-refractivity contribution >= 4 is 40.0 Å². The van der Waals surface area contributed by atoms with E-state index in [4.69, 9.17) is 26.1 Å². The molecule has 0 atom stereocenters. The smallest absolute Gasteiger partial charge is 0.323 e. The van der Waals surface area contributed by atoms with Crippen LogP contribution in [0.5, 0.6) is 11.5 Å². The van der Waals surface area contributed by atoms with Crippen molar-refractivity contribution in [2.24, 2.45) is 0 Å². The Labute approximate surface area is 212 Å². The molecule has 0 spiro atoms. The van der Waals surface area contributed by atoms with Crippen molar-refractivity contribution in [3.8, 4) is 11.5 Å². The zero-order valence-corrected chi connectivity index (χ0v) is 20.0. The second kappa shape index (κ2) is 10.9. The quantitative estimate of drug-likeness (QED) is 0.348. The number of carbonyl (C=O) groups excluding carboxylic acids is 1. The van der Waals surface area contributed by atoms with Gasteiger partial charge in [0.2, 0.25) is 0 Å². The summed E-state index contributed by atoms with van der Waals surface area (Å²) >= 11 is 5.66. The molecule has 0 aliphatic carbocycles. The van der Waals surface area contributed by atoms with Gasteiger partial charge in [0.05, 0.1) is 41.2 Å². The molecular weight excluding hydrogens is 485 g/mol. The fourth-order valence-electron chi connectivity index (χ4n) is 3.77. The topological polar surface area (TPSA) is 88.6 Å². The Kier molecular flexibility index (Phi) is 7.22. The number of nitrogens with zero attached hydrogens (tertiary/aromatic N) is 3. The summed E-state index contributed by atoms with van der Waals surface area (Å²) in [6.07, 6.45) is 1.81. The summed E-state index contributed by atoms with van der Waals surface area (Å²) in [5.41, 5.74) is 3.29. The lowest BCUT2D eigenvalue weighted by Crippen LogP contribution is -2.35. The molecule has 0 unspecified atom stereocenters. The number of urea groups is 1. The van der Waals surface area contributed by atoms with Gasteiger partial charge in [-0.05, 0) is 54.6 Å². The van der Waals surface area contributed by atoms with Crippen molar-refractivity contribution in [2.75, 3.05) is 36.9 Å². The van der Waals surface area contributed by atoms with E-state index < -0.39 is 11.8 Å². The minimum Gasteiger partial charge on any atom is -0.457 e. The number of carbonyl (C=O) groups is 1. The Hall–Kier alpha value is -3.79. The van der Waals surface area contributed by atoms with Crippen molar-refractivity contribution in [1.29, 1.82) is 0 Å². The first-order valence-electron chi connectivity index (χ1n) is 11.4. The molecule has 0 saturated carbocycles. The van der Waals surface area contributed by atoms with E-state index in [0.717, 1.165) is 55.6 Å². The zero-order chi connectivity index (χ0) is 24.9. The molecular formula is C26H23ClFN5O3. The van der Waals surface area contributed by atoms with Crippen molar-refractivity contribution in [3.63, 3.8) is 0 Å². The Balaban J connectivity index is 1.21. The molecule has 1 saturated heterocycles. The molecule has 1 aromatic heterocycles. The third-order valence-electron chi connectivity index (χ3n) is 5.58. The van der Waals surface area contributed by atoms with E-state index in [-0.39, 0.29) is 5.02 Å². The van der Waals surface area contributed by atoms with E-state index in [2.05, 4.69) is 20.5 Å². The number of hydrogen-bond acceptors (Lipinski definition) is 6. The highest BCUT2D eigenvalue weighted by Crippen LogP contribution is 2.26. The molecule has 1 aliphatic heterocycles. The van der Waals surface area contributed by atoms with Gasteiger partial charge in [0, 0.05) is 37.1 Å². The van der Waals surface area contributed by atoms with Crippen LogP contribution in [0.15, 0.2) is 66.9 Å². The molecule has 2 amide bonds. The number of ether oxygens (including phenoxy) is 2. The van der Waals surface area contributed by atoms with Gasteiger partial charge in [-0.25, -0.2) is 14.2 Å². The maximum Gasteiger partial charge on any atom is 0.323 e. The average molecular weight is 508 g/mol. The summed E-state index contributed by atoms with van der Waals surface area (Å²) in [6.45, 7) is 3.97. The molecule has 0 radical (unpaired) electrons. The van der Waals surface area contributed by atoms with E-state index in [1.807, 2.05) is 24.4 Å². The lowest BCUT2D eigenvalue weighted by molar-refractivity contribution is 0.0336. The maximum absolute atomic E-state index is 13.6. The van der Waals surface area contributed by atoms with E-state index >= 15 is 0 Å². The molecule has 184 valence electrons. The minimum absolute atomic E-state index is 0.0107. The van der Waals surface area contributed by atoms with Crippen LogP contribution in [-0.4, -0.2) is 47.2 Å². The van der Waals surface area contributed by atoms with Gasteiger partial charge < -0.3 is 20.1 Å². The molecule has 0 bridgehead atoms. The van der Waals surface area contributed by atoms with E-state index in [0.29, 0.717) is 22.9 Å². The Morgan fingerprint density at radius 2 is 1.69 bits per heavy atom. The Bertz CT molecular complexity index is 1380. The number of amides is 2. The van der Waals surface area contributed by atoms with Crippen LogP contribution in [0.25, 0.3) is 11.0 Å². The van der Waals surface area contributed by atoms with Gasteiger partial charge in [0.1, 0.15) is 17.3 Å². The number of halogens is 2. The lowest BCUT2D eigenvalue weighted by Gasteiger charge is -2.26. The summed E-state index contributed by atoms with van der Waals surface area (Å²) in [5, 5.41) is 5.24. The van der Waals surface area contributed by atoms with Crippen molar-refractivity contribution < 1.29 is 18.7 Å². The third-order valence-corrected chi connectivity index (χ3v) is 5.88. The predicted octanol–water partition coefficient (Wildman–Crippen LogP) is 5.69. The summed E-state index contributed by atoms with van der Waals surface area (Å²) in [6, 6.07) is 16.0. The van der Waals surface area contributed by atoms with Gasteiger partial charge in [-0.1, -0.05) is 11.6 Å². The molecule has 10 heteroatoms. The molecule has 5 rings (SSSR count). The predicted molar refractivity (Wildman–Crippen MR) is 136 cm³/mol. The van der Waals surface area contributed by atoms with Gasteiger partial charge in [-0.15, -0.1) is 0 Å². The number of rotatable bonds is 6. The monoisotopic (exact) mass is 507 g/mol. The highest BCUT2D eigenvalue weighted by Gasteiger charge is 2.12. The molecule has 36 heavy (non-hydrogen) atoms. The number of morpholine rings is 1. The fraction of sp³-hybridized carbons (Fsp3) is 0.192. The van der Waals surface area contributed by atoms with E-state index in [9.17, 15) is 9.18 Å². The first-order chi connectivity index (χ1) is 17.5. The van der Waals surface area contributed by atoms with E-state index in [1.165, 1.54) is 12.1 Å². The Morgan fingerprint density at radius 3 is 2.47 bits per heavy atom. The molecule has 8 nitrogen and oxygen atoms in total. The number of fused-ring (bicyclic) bond motifs is 1. The van der Waals surface area contributed by atoms with Crippen LogP contribution in [0.3, 0.4) is 0 Å². The third kappa shape index (κ3) is 6.06. The van der Waals surface area contributed by atoms with Crippen molar-refractivity contribution in [2.45, 2.75) is 6.54 Å². The first-order valence-corrected chi connectivity index (χ1v) is 11.8. The summed E-state index contributed by atoms with van der Waals surface area (Å²) in [4.78, 5) is 23.8. The largest absolute Gasteiger partial charge is 0.457 e. The van der Waals surface area contributed by atoms with Crippen LogP contribution in [-0.2, 0) is 11.3 Å². The maximum atomic E-state index is 13.6. The first kappa shape index (κ1) is 23.9. The van der Waals surface area contributed by atoms with Crippen LogP contribution in [0, 0.1) is 5.82 Å². The van der Waals surface area contributed by atoms with E-state index in [1.54, 1.807) is 24.3 Å². The van der Waals surface area contributed by atoms with Crippen LogP contribution < -0.4 is 15.4 Å². The van der Waals surface area contributed by atoms with Gasteiger partial charge >= 0.3 is 6.03 Å². The van der Waals surface area contributed by atoms with Gasteiger partial charge in [-0.3, -0.25) is 9.88 Å². The SMILES string of the molecule is O=C(Nc1ccc(Oc2ccc3ncc(CN4CCOCC4)nc3c2)cc1)Nc1ccc(Cl)c(F)c1.